The number of benzene rings is 1. The number of halogens is 2. The highest BCUT2D eigenvalue weighted by Crippen LogP contribution is 2.24. The maximum atomic E-state index is 13.6. The lowest BCUT2D eigenvalue weighted by molar-refractivity contribution is 0.476. The first-order chi connectivity index (χ1) is 7.06. The van der Waals surface area contributed by atoms with Gasteiger partial charge in [0.05, 0.1) is 0 Å². The SMILES string of the molecule is CCNC(C)C(C)c1ccc(Cl)cc1F. The summed E-state index contributed by atoms with van der Waals surface area (Å²) in [5.41, 5.74) is 0.716. The molecular weight excluding hydrogens is 213 g/mol. The normalized spacial score (nSPS) is 15.0. The third-order valence-electron chi connectivity index (χ3n) is 2.73. The van der Waals surface area contributed by atoms with Gasteiger partial charge in [-0.05, 0) is 37.1 Å². The van der Waals surface area contributed by atoms with E-state index in [1.54, 1.807) is 12.1 Å². The second kappa shape index (κ2) is 5.47. The van der Waals surface area contributed by atoms with Crippen LogP contribution >= 0.6 is 11.6 Å². The van der Waals surface area contributed by atoms with Crippen LogP contribution < -0.4 is 5.32 Å². The maximum Gasteiger partial charge on any atom is 0.128 e. The molecule has 1 aromatic rings. The van der Waals surface area contributed by atoms with E-state index in [9.17, 15) is 4.39 Å². The van der Waals surface area contributed by atoms with Gasteiger partial charge in [0, 0.05) is 11.1 Å². The molecule has 1 aromatic carbocycles. The van der Waals surface area contributed by atoms with Crippen molar-refractivity contribution in [3.63, 3.8) is 0 Å². The first-order valence-corrected chi connectivity index (χ1v) is 5.62. The average molecular weight is 230 g/mol. The first-order valence-electron chi connectivity index (χ1n) is 5.24. The molecule has 0 aliphatic heterocycles. The van der Waals surface area contributed by atoms with Crippen LogP contribution in [-0.4, -0.2) is 12.6 Å². The van der Waals surface area contributed by atoms with Crippen LogP contribution in [0.25, 0.3) is 0 Å². The summed E-state index contributed by atoms with van der Waals surface area (Å²) in [7, 11) is 0. The second-order valence-electron chi connectivity index (χ2n) is 3.80. The van der Waals surface area contributed by atoms with Gasteiger partial charge in [0.2, 0.25) is 0 Å². The predicted octanol–water partition coefficient (Wildman–Crippen LogP) is 3.58. The van der Waals surface area contributed by atoms with E-state index in [0.29, 0.717) is 10.6 Å². The monoisotopic (exact) mass is 229 g/mol. The van der Waals surface area contributed by atoms with Crippen molar-refractivity contribution in [2.75, 3.05) is 6.54 Å². The summed E-state index contributed by atoms with van der Waals surface area (Å²) in [5.74, 6) is -0.0815. The highest BCUT2D eigenvalue weighted by Gasteiger charge is 2.16. The molecule has 0 heterocycles. The van der Waals surface area contributed by atoms with Gasteiger partial charge in [0.25, 0.3) is 0 Å². The molecular formula is C12H17ClFN. The fourth-order valence-electron chi connectivity index (χ4n) is 1.64. The quantitative estimate of drug-likeness (QED) is 0.832. The van der Waals surface area contributed by atoms with Gasteiger partial charge in [-0.1, -0.05) is 31.5 Å². The van der Waals surface area contributed by atoms with E-state index in [0.717, 1.165) is 6.54 Å². The standard InChI is InChI=1S/C12H17ClFN/c1-4-15-9(3)8(2)11-6-5-10(13)7-12(11)14/h5-9,15H,4H2,1-3H3. The van der Waals surface area contributed by atoms with E-state index in [1.807, 2.05) is 13.8 Å². The lowest BCUT2D eigenvalue weighted by Gasteiger charge is -2.21. The largest absolute Gasteiger partial charge is 0.314 e. The molecule has 1 nitrogen and oxygen atoms in total. The van der Waals surface area contributed by atoms with Crippen molar-refractivity contribution >= 4 is 11.6 Å². The van der Waals surface area contributed by atoms with Crippen LogP contribution in [0.2, 0.25) is 5.02 Å². The van der Waals surface area contributed by atoms with E-state index in [4.69, 9.17) is 11.6 Å². The maximum absolute atomic E-state index is 13.6. The lowest BCUT2D eigenvalue weighted by Crippen LogP contribution is -2.30. The minimum atomic E-state index is -0.222. The fraction of sp³-hybridized carbons (Fsp3) is 0.500. The van der Waals surface area contributed by atoms with E-state index in [-0.39, 0.29) is 17.8 Å². The Hall–Kier alpha value is -0.600. The van der Waals surface area contributed by atoms with Crippen molar-refractivity contribution in [2.45, 2.75) is 32.7 Å². The molecule has 0 aromatic heterocycles. The molecule has 2 atom stereocenters. The van der Waals surface area contributed by atoms with Crippen LogP contribution in [0.1, 0.15) is 32.3 Å². The average Bonchev–Trinajstić information content (AvgIpc) is 2.17. The molecule has 0 fully saturated rings. The zero-order valence-corrected chi connectivity index (χ0v) is 10.1. The Morgan fingerprint density at radius 2 is 2.07 bits per heavy atom. The van der Waals surface area contributed by atoms with Crippen molar-refractivity contribution < 1.29 is 4.39 Å². The van der Waals surface area contributed by atoms with Gasteiger partial charge < -0.3 is 5.32 Å². The smallest absolute Gasteiger partial charge is 0.128 e. The minimum Gasteiger partial charge on any atom is -0.314 e. The van der Waals surface area contributed by atoms with Crippen molar-refractivity contribution in [1.82, 2.24) is 5.32 Å². The Morgan fingerprint density at radius 1 is 1.40 bits per heavy atom. The van der Waals surface area contributed by atoms with Crippen molar-refractivity contribution in [2.24, 2.45) is 0 Å². The van der Waals surface area contributed by atoms with Crippen LogP contribution in [0.5, 0.6) is 0 Å². The molecule has 0 bridgehead atoms. The molecule has 3 heteroatoms. The summed E-state index contributed by atoms with van der Waals surface area (Å²) in [6.45, 7) is 7.00. The summed E-state index contributed by atoms with van der Waals surface area (Å²) in [5, 5.41) is 3.73. The highest BCUT2D eigenvalue weighted by molar-refractivity contribution is 6.30. The Morgan fingerprint density at radius 3 is 2.60 bits per heavy atom. The summed E-state index contributed by atoms with van der Waals surface area (Å²) in [4.78, 5) is 0. The minimum absolute atomic E-state index is 0.141. The molecule has 0 saturated heterocycles. The van der Waals surface area contributed by atoms with Gasteiger partial charge in [0.1, 0.15) is 5.82 Å². The van der Waals surface area contributed by atoms with Gasteiger partial charge in [0.15, 0.2) is 0 Å². The van der Waals surface area contributed by atoms with Crippen LogP contribution in [-0.2, 0) is 0 Å². The van der Waals surface area contributed by atoms with Gasteiger partial charge in [-0.2, -0.15) is 0 Å². The van der Waals surface area contributed by atoms with Gasteiger partial charge in [-0.3, -0.25) is 0 Å². The van der Waals surface area contributed by atoms with Gasteiger partial charge in [-0.15, -0.1) is 0 Å². The Bertz CT molecular complexity index is 327. The van der Waals surface area contributed by atoms with Gasteiger partial charge in [-0.25, -0.2) is 4.39 Å². The summed E-state index contributed by atoms with van der Waals surface area (Å²) < 4.78 is 13.6. The second-order valence-corrected chi connectivity index (χ2v) is 4.24. The van der Waals surface area contributed by atoms with Crippen molar-refractivity contribution in [1.29, 1.82) is 0 Å². The molecule has 0 amide bonds. The number of hydrogen-bond donors (Lipinski definition) is 1. The topological polar surface area (TPSA) is 12.0 Å². The number of hydrogen-bond acceptors (Lipinski definition) is 1. The summed E-state index contributed by atoms with van der Waals surface area (Å²) >= 11 is 5.71. The molecule has 2 unspecified atom stereocenters. The number of nitrogens with one attached hydrogen (secondary N) is 1. The van der Waals surface area contributed by atoms with Crippen molar-refractivity contribution in [3.05, 3.63) is 34.6 Å². The Kier molecular flexibility index (Phi) is 4.55. The summed E-state index contributed by atoms with van der Waals surface area (Å²) in [6, 6.07) is 5.11. The van der Waals surface area contributed by atoms with Crippen LogP contribution in [0.4, 0.5) is 4.39 Å². The number of rotatable bonds is 4. The Balaban J connectivity index is 2.86. The molecule has 0 aliphatic rings. The molecule has 84 valence electrons. The third kappa shape index (κ3) is 3.18. The number of likely N-dealkylation sites (N-methyl/N-ethyl adjacent to an activating group) is 1. The zero-order chi connectivity index (χ0) is 11.4. The molecule has 0 spiro atoms. The molecule has 0 aliphatic carbocycles. The molecule has 0 radical (unpaired) electrons. The van der Waals surface area contributed by atoms with E-state index >= 15 is 0 Å². The zero-order valence-electron chi connectivity index (χ0n) is 9.35. The van der Waals surface area contributed by atoms with E-state index < -0.39 is 0 Å². The molecule has 0 saturated carbocycles. The molecule has 1 N–H and O–H groups in total. The van der Waals surface area contributed by atoms with Gasteiger partial charge >= 0.3 is 0 Å². The van der Waals surface area contributed by atoms with Crippen molar-refractivity contribution in [3.8, 4) is 0 Å². The third-order valence-corrected chi connectivity index (χ3v) is 2.96. The van der Waals surface area contributed by atoms with E-state index in [2.05, 4.69) is 12.2 Å². The van der Waals surface area contributed by atoms with Crippen LogP contribution in [0, 0.1) is 5.82 Å². The van der Waals surface area contributed by atoms with E-state index in [1.165, 1.54) is 6.07 Å². The first kappa shape index (κ1) is 12.5. The molecule has 1 rings (SSSR count). The predicted molar refractivity (Wildman–Crippen MR) is 63.0 cm³/mol. The summed E-state index contributed by atoms with van der Waals surface area (Å²) in [6.07, 6.45) is 0. The molecule has 15 heavy (non-hydrogen) atoms. The Labute approximate surface area is 95.6 Å². The van der Waals surface area contributed by atoms with Crippen LogP contribution in [0.3, 0.4) is 0 Å². The van der Waals surface area contributed by atoms with Crippen LogP contribution in [0.15, 0.2) is 18.2 Å². The lowest BCUT2D eigenvalue weighted by atomic mass is 9.94. The highest BCUT2D eigenvalue weighted by atomic mass is 35.5. The fourth-order valence-corrected chi connectivity index (χ4v) is 1.80.